The second-order valence-corrected chi connectivity index (χ2v) is 8.28. The Hall–Kier alpha value is -2.58. The molecule has 3 atom stereocenters. The van der Waals surface area contributed by atoms with Gasteiger partial charge in [0, 0.05) is 25.6 Å². The van der Waals surface area contributed by atoms with Gasteiger partial charge in [-0.1, -0.05) is 19.1 Å². The van der Waals surface area contributed by atoms with Crippen LogP contribution in [-0.2, 0) is 16.1 Å². The monoisotopic (exact) mass is 398 g/mol. The molecule has 2 saturated heterocycles. The Bertz CT molecular complexity index is 883. The quantitative estimate of drug-likeness (QED) is 0.720. The Morgan fingerprint density at radius 3 is 2.66 bits per heavy atom. The van der Waals surface area contributed by atoms with Crippen LogP contribution in [0.4, 0.5) is 0 Å². The molecule has 0 saturated carbocycles. The fourth-order valence-corrected chi connectivity index (χ4v) is 4.69. The molecule has 29 heavy (non-hydrogen) atoms. The van der Waals surface area contributed by atoms with E-state index in [1.165, 1.54) is 0 Å². The Kier molecular flexibility index (Phi) is 5.23. The standard InChI is InChI=1S/C21H26N4O4/c1-12-7-8-24(14(9-12)10-22)11-13-3-2-4-15-18(13)21(29)25(20(15)28)16-5-6-17(26)23-19(16)27/h2-4,12,14,16H,5-11,22H2,1H3,(H,23,26,27)/t12-,14+,16?/m1/s1. The van der Waals surface area contributed by atoms with E-state index in [-0.39, 0.29) is 24.8 Å². The third-order valence-corrected chi connectivity index (χ3v) is 6.30. The molecule has 3 heterocycles. The van der Waals surface area contributed by atoms with Gasteiger partial charge < -0.3 is 5.73 Å². The Labute approximate surface area is 169 Å². The topological polar surface area (TPSA) is 113 Å². The van der Waals surface area contributed by atoms with Crippen molar-refractivity contribution < 1.29 is 19.2 Å². The minimum atomic E-state index is -0.944. The van der Waals surface area contributed by atoms with Crippen molar-refractivity contribution in [1.29, 1.82) is 0 Å². The molecule has 1 aromatic rings. The zero-order valence-corrected chi connectivity index (χ0v) is 16.5. The summed E-state index contributed by atoms with van der Waals surface area (Å²) in [5, 5.41) is 2.23. The van der Waals surface area contributed by atoms with Crippen LogP contribution in [0.3, 0.4) is 0 Å². The minimum Gasteiger partial charge on any atom is -0.329 e. The molecule has 1 unspecified atom stereocenters. The van der Waals surface area contributed by atoms with Gasteiger partial charge in [-0.05, 0) is 43.4 Å². The molecular weight excluding hydrogens is 372 g/mol. The number of nitrogens with zero attached hydrogens (tertiary/aromatic N) is 2. The summed E-state index contributed by atoms with van der Waals surface area (Å²) in [7, 11) is 0. The number of rotatable bonds is 4. The van der Waals surface area contributed by atoms with Crippen LogP contribution in [0.5, 0.6) is 0 Å². The summed E-state index contributed by atoms with van der Waals surface area (Å²) in [4.78, 5) is 53.1. The van der Waals surface area contributed by atoms with Gasteiger partial charge in [-0.25, -0.2) is 0 Å². The fraction of sp³-hybridized carbons (Fsp3) is 0.524. The number of hydrogen-bond acceptors (Lipinski definition) is 6. The van der Waals surface area contributed by atoms with Gasteiger partial charge in [0.15, 0.2) is 0 Å². The Morgan fingerprint density at radius 1 is 1.14 bits per heavy atom. The second-order valence-electron chi connectivity index (χ2n) is 8.28. The largest absolute Gasteiger partial charge is 0.329 e. The van der Waals surface area contributed by atoms with Crippen LogP contribution in [0.15, 0.2) is 18.2 Å². The van der Waals surface area contributed by atoms with Crippen molar-refractivity contribution in [3.63, 3.8) is 0 Å². The summed E-state index contributed by atoms with van der Waals surface area (Å²) < 4.78 is 0. The number of piperidine rings is 2. The lowest BCUT2D eigenvalue weighted by Crippen LogP contribution is -2.54. The lowest BCUT2D eigenvalue weighted by atomic mass is 9.91. The minimum absolute atomic E-state index is 0.112. The molecule has 3 N–H and O–H groups in total. The highest BCUT2D eigenvalue weighted by molar-refractivity contribution is 6.24. The van der Waals surface area contributed by atoms with E-state index in [9.17, 15) is 19.2 Å². The molecule has 8 heteroatoms. The number of benzene rings is 1. The van der Waals surface area contributed by atoms with Gasteiger partial charge in [0.05, 0.1) is 11.1 Å². The van der Waals surface area contributed by atoms with Gasteiger partial charge in [-0.2, -0.15) is 0 Å². The highest BCUT2D eigenvalue weighted by Gasteiger charge is 2.45. The van der Waals surface area contributed by atoms with Gasteiger partial charge in [-0.3, -0.25) is 34.3 Å². The molecule has 0 aliphatic carbocycles. The molecule has 3 aliphatic rings. The molecule has 8 nitrogen and oxygen atoms in total. The van der Waals surface area contributed by atoms with Crippen molar-refractivity contribution in [2.24, 2.45) is 11.7 Å². The van der Waals surface area contributed by atoms with Crippen molar-refractivity contribution in [2.45, 2.75) is 51.2 Å². The van der Waals surface area contributed by atoms with Gasteiger partial charge in [0.1, 0.15) is 6.04 Å². The van der Waals surface area contributed by atoms with Gasteiger partial charge in [0.2, 0.25) is 11.8 Å². The fourth-order valence-electron chi connectivity index (χ4n) is 4.69. The van der Waals surface area contributed by atoms with E-state index in [4.69, 9.17) is 5.73 Å². The molecule has 0 radical (unpaired) electrons. The van der Waals surface area contributed by atoms with Crippen LogP contribution < -0.4 is 11.1 Å². The van der Waals surface area contributed by atoms with Crippen LogP contribution in [0.25, 0.3) is 0 Å². The number of carbonyl (C=O) groups is 4. The maximum absolute atomic E-state index is 13.2. The van der Waals surface area contributed by atoms with E-state index in [1.54, 1.807) is 12.1 Å². The number of imide groups is 2. The molecule has 4 rings (SSSR count). The van der Waals surface area contributed by atoms with Crippen molar-refractivity contribution in [2.75, 3.05) is 13.1 Å². The number of nitrogens with one attached hydrogen (secondary N) is 1. The first kappa shape index (κ1) is 19.7. The zero-order valence-electron chi connectivity index (χ0n) is 16.5. The second kappa shape index (κ2) is 7.68. The summed E-state index contributed by atoms with van der Waals surface area (Å²) in [5.74, 6) is -1.28. The Morgan fingerprint density at radius 2 is 1.93 bits per heavy atom. The third-order valence-electron chi connectivity index (χ3n) is 6.30. The van der Waals surface area contributed by atoms with E-state index in [0.29, 0.717) is 30.1 Å². The molecule has 0 bridgehead atoms. The van der Waals surface area contributed by atoms with Crippen LogP contribution in [0.2, 0.25) is 0 Å². The van der Waals surface area contributed by atoms with Gasteiger partial charge >= 0.3 is 0 Å². The number of likely N-dealkylation sites (tertiary alicyclic amines) is 1. The number of carbonyl (C=O) groups excluding carboxylic acids is 4. The molecule has 0 aromatic heterocycles. The number of fused-ring (bicyclic) bond motifs is 1. The lowest BCUT2D eigenvalue weighted by Gasteiger charge is -2.38. The summed E-state index contributed by atoms with van der Waals surface area (Å²) in [6.07, 6.45) is 2.35. The van der Waals surface area contributed by atoms with Crippen LogP contribution in [0.1, 0.15) is 58.9 Å². The van der Waals surface area contributed by atoms with Crippen molar-refractivity contribution in [3.8, 4) is 0 Å². The SMILES string of the molecule is C[C@@H]1CCN(Cc2cccc3c2C(=O)N(C2CCC(=O)NC2=O)C3=O)[C@H](CN)C1. The Balaban J connectivity index is 1.61. The first-order chi connectivity index (χ1) is 13.9. The summed E-state index contributed by atoms with van der Waals surface area (Å²) >= 11 is 0. The molecule has 3 aliphatic heterocycles. The van der Waals surface area contributed by atoms with E-state index >= 15 is 0 Å². The predicted molar refractivity (Wildman–Crippen MR) is 105 cm³/mol. The highest BCUT2D eigenvalue weighted by Crippen LogP contribution is 2.32. The van der Waals surface area contributed by atoms with Crippen LogP contribution in [0, 0.1) is 5.92 Å². The molecular formula is C21H26N4O4. The maximum Gasteiger partial charge on any atom is 0.262 e. The van der Waals surface area contributed by atoms with Gasteiger partial charge in [-0.15, -0.1) is 0 Å². The van der Waals surface area contributed by atoms with E-state index in [1.807, 2.05) is 6.07 Å². The smallest absolute Gasteiger partial charge is 0.262 e. The molecule has 0 spiro atoms. The molecule has 154 valence electrons. The van der Waals surface area contributed by atoms with E-state index in [2.05, 4.69) is 17.1 Å². The predicted octanol–water partition coefficient (Wildman–Crippen LogP) is 0.647. The van der Waals surface area contributed by atoms with Crippen LogP contribution >= 0.6 is 0 Å². The first-order valence-corrected chi connectivity index (χ1v) is 10.2. The third kappa shape index (κ3) is 3.47. The lowest BCUT2D eigenvalue weighted by molar-refractivity contribution is -0.136. The molecule has 2 fully saturated rings. The summed E-state index contributed by atoms with van der Waals surface area (Å²) in [6, 6.07) is 4.57. The van der Waals surface area contributed by atoms with Crippen molar-refractivity contribution in [3.05, 3.63) is 34.9 Å². The van der Waals surface area contributed by atoms with Gasteiger partial charge in [0.25, 0.3) is 11.8 Å². The zero-order chi connectivity index (χ0) is 20.7. The van der Waals surface area contributed by atoms with Crippen LogP contribution in [-0.4, -0.2) is 58.6 Å². The summed E-state index contributed by atoms with van der Waals surface area (Å²) in [5.41, 5.74) is 7.45. The number of amides is 4. The van der Waals surface area contributed by atoms with E-state index < -0.39 is 23.8 Å². The first-order valence-electron chi connectivity index (χ1n) is 10.2. The number of hydrogen-bond donors (Lipinski definition) is 2. The molecule has 4 amide bonds. The average Bonchev–Trinajstić information content (AvgIpc) is 2.95. The average molecular weight is 398 g/mol. The maximum atomic E-state index is 13.2. The van der Waals surface area contributed by atoms with Crippen molar-refractivity contribution >= 4 is 23.6 Å². The van der Waals surface area contributed by atoms with E-state index in [0.717, 1.165) is 29.8 Å². The normalized spacial score (nSPS) is 27.9. The molecule has 1 aromatic carbocycles. The summed E-state index contributed by atoms with van der Waals surface area (Å²) in [6.45, 7) is 4.21. The number of nitrogens with two attached hydrogens (primary N) is 1. The highest BCUT2D eigenvalue weighted by atomic mass is 16.2. The van der Waals surface area contributed by atoms with Crippen molar-refractivity contribution in [1.82, 2.24) is 15.1 Å².